The second kappa shape index (κ2) is 6.00. The number of hydrogen-bond acceptors (Lipinski definition) is 3. The monoisotopic (exact) mass is 413 g/mol. The Balaban J connectivity index is 2.42. The average molecular weight is 415 g/mol. The highest BCUT2D eigenvalue weighted by Crippen LogP contribution is 2.35. The summed E-state index contributed by atoms with van der Waals surface area (Å²) in [5.41, 5.74) is 0.00474. The van der Waals surface area contributed by atoms with Crippen LogP contribution < -0.4 is 4.72 Å². The summed E-state index contributed by atoms with van der Waals surface area (Å²) < 4.78 is 40.5. The predicted molar refractivity (Wildman–Crippen MR) is 83.0 cm³/mol. The molecule has 2 N–H and O–H groups in total. The molecule has 0 bridgehead atoms. The molecule has 112 valence electrons. The third kappa shape index (κ3) is 3.60. The number of sulfonamides is 1. The molecule has 0 amide bonds. The molecule has 0 saturated carbocycles. The lowest BCUT2D eigenvalue weighted by Gasteiger charge is -2.10. The lowest BCUT2D eigenvalue weighted by molar-refractivity contribution is 0.476. The van der Waals surface area contributed by atoms with Crippen molar-refractivity contribution >= 4 is 54.8 Å². The van der Waals surface area contributed by atoms with Gasteiger partial charge in [0, 0.05) is 4.47 Å². The summed E-state index contributed by atoms with van der Waals surface area (Å²) in [6, 6.07) is 5.87. The van der Waals surface area contributed by atoms with Gasteiger partial charge in [0.15, 0.2) is 5.75 Å². The van der Waals surface area contributed by atoms with E-state index >= 15 is 0 Å². The first kappa shape index (κ1) is 16.4. The van der Waals surface area contributed by atoms with E-state index in [1.165, 1.54) is 6.07 Å². The van der Waals surface area contributed by atoms with Crippen molar-refractivity contribution in [2.75, 3.05) is 4.72 Å². The van der Waals surface area contributed by atoms with Gasteiger partial charge in [-0.3, -0.25) is 4.72 Å². The van der Waals surface area contributed by atoms with E-state index in [0.717, 1.165) is 24.3 Å². The van der Waals surface area contributed by atoms with E-state index in [4.69, 9.17) is 23.2 Å². The molecule has 2 aromatic rings. The second-order valence-electron chi connectivity index (χ2n) is 3.97. The Hall–Kier alpha value is -1.02. The molecular formula is C12H7BrCl2FNO3S. The number of phenolic OH excluding ortho intramolecular Hbond substituents is 1. The average Bonchev–Trinajstić information content (AvgIpc) is 2.34. The first-order valence-electron chi connectivity index (χ1n) is 5.36. The van der Waals surface area contributed by atoms with Crippen molar-refractivity contribution in [3.63, 3.8) is 0 Å². The van der Waals surface area contributed by atoms with E-state index in [2.05, 4.69) is 20.7 Å². The van der Waals surface area contributed by atoms with Gasteiger partial charge < -0.3 is 5.11 Å². The van der Waals surface area contributed by atoms with E-state index in [9.17, 15) is 17.9 Å². The van der Waals surface area contributed by atoms with Crippen molar-refractivity contribution in [2.45, 2.75) is 4.90 Å². The number of phenols is 1. The van der Waals surface area contributed by atoms with Crippen LogP contribution in [0.2, 0.25) is 10.0 Å². The van der Waals surface area contributed by atoms with Gasteiger partial charge in [-0.2, -0.15) is 0 Å². The van der Waals surface area contributed by atoms with E-state index in [1.807, 2.05) is 0 Å². The molecule has 21 heavy (non-hydrogen) atoms. The third-order valence-electron chi connectivity index (χ3n) is 2.45. The van der Waals surface area contributed by atoms with Crippen LogP contribution in [-0.4, -0.2) is 13.5 Å². The zero-order chi connectivity index (χ0) is 15.8. The molecule has 0 saturated heterocycles. The first-order valence-corrected chi connectivity index (χ1v) is 8.40. The predicted octanol–water partition coefficient (Wildman–Crippen LogP) is 4.40. The molecule has 0 aromatic heterocycles. The molecule has 0 aliphatic carbocycles. The number of hydrogen-bond donors (Lipinski definition) is 2. The zero-order valence-corrected chi connectivity index (χ0v) is 14.0. The number of halogens is 4. The maximum Gasteiger partial charge on any atom is 0.264 e. The standard InChI is InChI=1S/C12H7BrCl2FNO3S/c13-6-1-2-11(10(16)3-6)21(19,20)17-7-4-8(14)12(18)9(15)5-7/h1-5,17-18H. The number of benzene rings is 2. The van der Waals surface area contributed by atoms with Gasteiger partial charge in [0.1, 0.15) is 10.7 Å². The normalized spacial score (nSPS) is 11.4. The summed E-state index contributed by atoms with van der Waals surface area (Å²) in [6.07, 6.45) is 0. The van der Waals surface area contributed by atoms with Crippen LogP contribution >= 0.6 is 39.1 Å². The van der Waals surface area contributed by atoms with Crippen LogP contribution in [-0.2, 0) is 10.0 Å². The van der Waals surface area contributed by atoms with Gasteiger partial charge in [0.05, 0.1) is 15.7 Å². The van der Waals surface area contributed by atoms with Crippen molar-refractivity contribution < 1.29 is 17.9 Å². The Morgan fingerprint density at radius 1 is 1.14 bits per heavy atom. The molecule has 0 atom stereocenters. The molecule has 2 rings (SSSR count). The van der Waals surface area contributed by atoms with Crippen LogP contribution in [0.5, 0.6) is 5.75 Å². The lowest BCUT2D eigenvalue weighted by Crippen LogP contribution is -2.14. The van der Waals surface area contributed by atoms with Crippen molar-refractivity contribution in [2.24, 2.45) is 0 Å². The fraction of sp³-hybridized carbons (Fsp3) is 0. The Labute approximate surface area is 138 Å². The SMILES string of the molecule is O=S(=O)(Nc1cc(Cl)c(O)c(Cl)c1)c1ccc(Br)cc1F. The van der Waals surface area contributed by atoms with E-state index in [0.29, 0.717) is 4.47 Å². The van der Waals surface area contributed by atoms with Gasteiger partial charge >= 0.3 is 0 Å². The van der Waals surface area contributed by atoms with E-state index < -0.39 is 20.7 Å². The Bertz CT molecular complexity index is 791. The van der Waals surface area contributed by atoms with E-state index in [-0.39, 0.29) is 21.5 Å². The minimum absolute atomic E-state index is 0.00474. The lowest BCUT2D eigenvalue weighted by atomic mass is 10.3. The molecule has 0 heterocycles. The number of aromatic hydroxyl groups is 1. The van der Waals surface area contributed by atoms with Gasteiger partial charge in [0.25, 0.3) is 10.0 Å². The van der Waals surface area contributed by atoms with Gasteiger partial charge in [-0.05, 0) is 30.3 Å². The largest absolute Gasteiger partial charge is 0.505 e. The fourth-order valence-corrected chi connectivity index (χ4v) is 3.45. The van der Waals surface area contributed by atoms with Crippen molar-refractivity contribution in [3.05, 3.63) is 50.7 Å². The third-order valence-corrected chi connectivity index (χ3v) is 4.94. The molecule has 9 heteroatoms. The fourth-order valence-electron chi connectivity index (χ4n) is 1.53. The van der Waals surface area contributed by atoms with Gasteiger partial charge in [0.2, 0.25) is 0 Å². The van der Waals surface area contributed by atoms with E-state index in [1.54, 1.807) is 0 Å². The Morgan fingerprint density at radius 2 is 1.71 bits per heavy atom. The van der Waals surface area contributed by atoms with Gasteiger partial charge in [-0.1, -0.05) is 39.1 Å². The quantitative estimate of drug-likeness (QED) is 0.731. The molecular weight excluding hydrogens is 408 g/mol. The smallest absolute Gasteiger partial charge is 0.264 e. The van der Waals surface area contributed by atoms with Crippen molar-refractivity contribution in [1.29, 1.82) is 0 Å². The topological polar surface area (TPSA) is 66.4 Å². The summed E-state index contributed by atoms with van der Waals surface area (Å²) >= 11 is 14.4. The van der Waals surface area contributed by atoms with Crippen LogP contribution in [0, 0.1) is 5.82 Å². The highest BCUT2D eigenvalue weighted by Gasteiger charge is 2.20. The van der Waals surface area contributed by atoms with Crippen LogP contribution in [0.4, 0.5) is 10.1 Å². The first-order chi connectivity index (χ1) is 9.70. The second-order valence-corrected chi connectivity index (χ2v) is 7.35. The van der Waals surface area contributed by atoms with Gasteiger partial charge in [-0.25, -0.2) is 12.8 Å². The molecule has 4 nitrogen and oxygen atoms in total. The van der Waals surface area contributed by atoms with Crippen molar-refractivity contribution in [3.8, 4) is 5.75 Å². The molecule has 0 radical (unpaired) electrons. The summed E-state index contributed by atoms with van der Waals surface area (Å²) in [4.78, 5) is -0.522. The number of rotatable bonds is 3. The summed E-state index contributed by atoms with van der Waals surface area (Å²) in [5.74, 6) is -1.27. The molecule has 0 unspecified atom stereocenters. The molecule has 0 fully saturated rings. The number of nitrogens with one attached hydrogen (secondary N) is 1. The summed E-state index contributed by atoms with van der Waals surface area (Å²) in [5, 5.41) is 9.16. The van der Waals surface area contributed by atoms with Crippen LogP contribution in [0.3, 0.4) is 0 Å². The molecule has 0 spiro atoms. The number of anilines is 1. The highest BCUT2D eigenvalue weighted by molar-refractivity contribution is 9.10. The van der Waals surface area contributed by atoms with Crippen LogP contribution in [0.1, 0.15) is 0 Å². The van der Waals surface area contributed by atoms with Crippen LogP contribution in [0.25, 0.3) is 0 Å². The molecule has 2 aromatic carbocycles. The minimum atomic E-state index is -4.15. The summed E-state index contributed by atoms with van der Waals surface area (Å²) in [6.45, 7) is 0. The molecule has 0 aliphatic rings. The Morgan fingerprint density at radius 3 is 2.24 bits per heavy atom. The van der Waals surface area contributed by atoms with Crippen LogP contribution in [0.15, 0.2) is 39.7 Å². The summed E-state index contributed by atoms with van der Waals surface area (Å²) in [7, 11) is -4.15. The minimum Gasteiger partial charge on any atom is -0.505 e. The maximum atomic E-state index is 13.7. The highest BCUT2D eigenvalue weighted by atomic mass is 79.9. The Kier molecular flexibility index (Phi) is 4.67. The van der Waals surface area contributed by atoms with Crippen molar-refractivity contribution in [1.82, 2.24) is 0 Å². The zero-order valence-electron chi connectivity index (χ0n) is 10.1. The molecule has 0 aliphatic heterocycles. The maximum absolute atomic E-state index is 13.7. The van der Waals surface area contributed by atoms with Gasteiger partial charge in [-0.15, -0.1) is 0 Å².